The van der Waals surface area contributed by atoms with Gasteiger partial charge in [0, 0.05) is 25.7 Å². The Morgan fingerprint density at radius 3 is 2.67 bits per heavy atom. The molecule has 2 aliphatic heterocycles. The standard InChI is InChI=1S/C20H29FN2O6S/c21-15-2-1-3-17(12-15)30(26,27)23-18-5-4-16(29-19(18)13-24)6-9-22-20(25)14-7-10-28-11-8-14/h1-3,12,14,16,18-19,23-24H,4-11,13H2,(H,22,25)/t16-,18+,19-/m1/s1. The van der Waals surface area contributed by atoms with E-state index in [-0.39, 0.29) is 29.4 Å². The molecule has 1 aromatic rings. The summed E-state index contributed by atoms with van der Waals surface area (Å²) in [5.41, 5.74) is 0. The van der Waals surface area contributed by atoms with Crippen molar-refractivity contribution in [2.75, 3.05) is 26.4 Å². The fraction of sp³-hybridized carbons (Fsp3) is 0.650. The van der Waals surface area contributed by atoms with Gasteiger partial charge in [-0.15, -0.1) is 0 Å². The molecule has 1 amide bonds. The molecule has 8 nitrogen and oxygen atoms in total. The molecule has 0 radical (unpaired) electrons. The molecule has 0 aliphatic carbocycles. The van der Waals surface area contributed by atoms with Gasteiger partial charge in [-0.25, -0.2) is 17.5 Å². The summed E-state index contributed by atoms with van der Waals surface area (Å²) in [5, 5.41) is 12.6. The monoisotopic (exact) mass is 444 g/mol. The molecule has 3 rings (SSSR count). The Bertz CT molecular complexity index is 815. The molecule has 2 aliphatic rings. The van der Waals surface area contributed by atoms with Gasteiger partial charge in [-0.2, -0.15) is 0 Å². The quantitative estimate of drug-likeness (QED) is 0.550. The van der Waals surface area contributed by atoms with Crippen LogP contribution in [0.15, 0.2) is 29.2 Å². The molecule has 3 atom stereocenters. The van der Waals surface area contributed by atoms with Crippen LogP contribution in [0.4, 0.5) is 4.39 Å². The second-order valence-corrected chi connectivity index (χ2v) is 9.42. The van der Waals surface area contributed by atoms with Gasteiger partial charge >= 0.3 is 0 Å². The maximum absolute atomic E-state index is 13.4. The molecule has 0 aromatic heterocycles. The van der Waals surface area contributed by atoms with Crippen LogP contribution in [-0.4, -0.2) is 64.0 Å². The van der Waals surface area contributed by atoms with Gasteiger partial charge in [0.25, 0.3) is 0 Å². The SMILES string of the molecule is O=C(NCC[C@H]1CC[C@H](NS(=O)(=O)c2cccc(F)c2)[C@@H](CO)O1)C1CCOCC1. The van der Waals surface area contributed by atoms with Crippen molar-refractivity contribution in [3.8, 4) is 0 Å². The minimum absolute atomic E-state index is 0.0159. The molecule has 2 fully saturated rings. The zero-order valence-electron chi connectivity index (χ0n) is 16.8. The largest absolute Gasteiger partial charge is 0.394 e. The normalized spacial score (nSPS) is 25.7. The number of ether oxygens (including phenoxy) is 2. The van der Waals surface area contributed by atoms with Crippen LogP contribution in [0.1, 0.15) is 32.1 Å². The Balaban J connectivity index is 1.48. The number of rotatable bonds is 8. The summed E-state index contributed by atoms with van der Waals surface area (Å²) >= 11 is 0. The van der Waals surface area contributed by atoms with Gasteiger partial charge < -0.3 is 19.9 Å². The smallest absolute Gasteiger partial charge is 0.241 e. The number of carbonyl (C=O) groups excluding carboxylic acids is 1. The minimum atomic E-state index is -3.93. The predicted octanol–water partition coefficient (Wildman–Crippen LogP) is 0.945. The fourth-order valence-corrected chi connectivity index (χ4v) is 5.17. The summed E-state index contributed by atoms with van der Waals surface area (Å²) in [6, 6.07) is 4.15. The van der Waals surface area contributed by atoms with Crippen molar-refractivity contribution < 1.29 is 32.2 Å². The molecule has 30 heavy (non-hydrogen) atoms. The molecular formula is C20H29FN2O6S. The number of amides is 1. The van der Waals surface area contributed by atoms with E-state index >= 15 is 0 Å². The summed E-state index contributed by atoms with van der Waals surface area (Å²) in [4.78, 5) is 12.0. The van der Waals surface area contributed by atoms with Crippen molar-refractivity contribution in [3.05, 3.63) is 30.1 Å². The molecule has 2 heterocycles. The molecule has 3 N–H and O–H groups in total. The van der Waals surface area contributed by atoms with E-state index in [0.717, 1.165) is 18.9 Å². The van der Waals surface area contributed by atoms with Crippen molar-refractivity contribution in [3.63, 3.8) is 0 Å². The first-order valence-electron chi connectivity index (χ1n) is 10.3. The highest BCUT2D eigenvalue weighted by molar-refractivity contribution is 7.89. The van der Waals surface area contributed by atoms with Gasteiger partial charge in [-0.3, -0.25) is 4.79 Å². The number of aliphatic hydroxyl groups is 1. The van der Waals surface area contributed by atoms with Crippen molar-refractivity contribution in [1.29, 1.82) is 0 Å². The Hall–Kier alpha value is -1.59. The summed E-state index contributed by atoms with van der Waals surface area (Å²) in [6.45, 7) is 1.32. The molecule has 0 bridgehead atoms. The van der Waals surface area contributed by atoms with Crippen molar-refractivity contribution in [2.24, 2.45) is 5.92 Å². The lowest BCUT2D eigenvalue weighted by atomic mass is 9.97. The van der Waals surface area contributed by atoms with E-state index in [4.69, 9.17) is 9.47 Å². The molecule has 10 heteroatoms. The van der Waals surface area contributed by atoms with Gasteiger partial charge in [-0.05, 0) is 50.3 Å². The molecule has 0 saturated carbocycles. The Morgan fingerprint density at radius 1 is 1.20 bits per heavy atom. The van der Waals surface area contributed by atoms with E-state index in [0.29, 0.717) is 39.0 Å². The van der Waals surface area contributed by atoms with Gasteiger partial charge in [0.2, 0.25) is 15.9 Å². The Labute approximate surface area is 176 Å². The lowest BCUT2D eigenvalue weighted by Crippen LogP contribution is -2.51. The summed E-state index contributed by atoms with van der Waals surface area (Å²) in [6.07, 6.45) is 2.19. The molecule has 0 unspecified atom stereocenters. The second-order valence-electron chi connectivity index (χ2n) is 7.71. The first kappa shape index (κ1) is 23.1. The zero-order valence-corrected chi connectivity index (χ0v) is 17.6. The highest BCUT2D eigenvalue weighted by Gasteiger charge is 2.34. The van der Waals surface area contributed by atoms with Crippen LogP contribution >= 0.6 is 0 Å². The number of halogens is 1. The zero-order chi connectivity index (χ0) is 21.6. The van der Waals surface area contributed by atoms with E-state index < -0.39 is 28.0 Å². The van der Waals surface area contributed by atoms with Crippen LogP contribution in [0.2, 0.25) is 0 Å². The number of hydrogen-bond donors (Lipinski definition) is 3. The van der Waals surface area contributed by atoms with Gasteiger partial charge in [0.1, 0.15) is 5.82 Å². The fourth-order valence-electron chi connectivity index (χ4n) is 3.84. The van der Waals surface area contributed by atoms with Gasteiger partial charge in [-0.1, -0.05) is 6.07 Å². The third-order valence-electron chi connectivity index (χ3n) is 5.57. The van der Waals surface area contributed by atoms with E-state index in [1.54, 1.807) is 0 Å². The summed E-state index contributed by atoms with van der Waals surface area (Å²) in [7, 11) is -3.93. The number of hydrogen-bond acceptors (Lipinski definition) is 6. The first-order chi connectivity index (χ1) is 14.4. The van der Waals surface area contributed by atoms with Crippen LogP contribution in [0.25, 0.3) is 0 Å². The number of sulfonamides is 1. The highest BCUT2D eigenvalue weighted by Crippen LogP contribution is 2.24. The van der Waals surface area contributed by atoms with Crippen molar-refractivity contribution >= 4 is 15.9 Å². The van der Waals surface area contributed by atoms with Gasteiger partial charge in [0.15, 0.2) is 0 Å². The summed E-state index contributed by atoms with van der Waals surface area (Å²) < 4.78 is 52.1. The first-order valence-corrected chi connectivity index (χ1v) is 11.8. The molecule has 2 saturated heterocycles. The van der Waals surface area contributed by atoms with Crippen LogP contribution in [-0.2, 0) is 24.3 Å². The highest BCUT2D eigenvalue weighted by atomic mass is 32.2. The summed E-state index contributed by atoms with van der Waals surface area (Å²) in [5.74, 6) is -0.634. The molecule has 1 aromatic carbocycles. The topological polar surface area (TPSA) is 114 Å². The number of benzene rings is 1. The van der Waals surface area contributed by atoms with Crippen molar-refractivity contribution in [2.45, 2.75) is 55.2 Å². The van der Waals surface area contributed by atoms with Crippen LogP contribution < -0.4 is 10.0 Å². The predicted molar refractivity (Wildman–Crippen MR) is 107 cm³/mol. The van der Waals surface area contributed by atoms with Gasteiger partial charge in [0.05, 0.1) is 29.8 Å². The lowest BCUT2D eigenvalue weighted by molar-refractivity contribution is -0.128. The number of nitrogens with one attached hydrogen (secondary N) is 2. The maximum atomic E-state index is 13.4. The van der Waals surface area contributed by atoms with Crippen LogP contribution in [0, 0.1) is 11.7 Å². The maximum Gasteiger partial charge on any atom is 0.241 e. The van der Waals surface area contributed by atoms with E-state index in [9.17, 15) is 22.7 Å². The average Bonchev–Trinajstić information content (AvgIpc) is 2.75. The Kier molecular flexibility index (Phi) is 8.18. The van der Waals surface area contributed by atoms with E-state index in [1.807, 2.05) is 0 Å². The second kappa shape index (κ2) is 10.6. The van der Waals surface area contributed by atoms with E-state index in [2.05, 4.69) is 10.0 Å². The average molecular weight is 445 g/mol. The van der Waals surface area contributed by atoms with E-state index in [1.165, 1.54) is 18.2 Å². The lowest BCUT2D eigenvalue weighted by Gasteiger charge is -2.36. The molecule has 168 valence electrons. The minimum Gasteiger partial charge on any atom is -0.394 e. The molecular weight excluding hydrogens is 415 g/mol. The van der Waals surface area contributed by atoms with Crippen LogP contribution in [0.5, 0.6) is 0 Å². The third-order valence-corrected chi connectivity index (χ3v) is 7.05. The third kappa shape index (κ3) is 6.21. The van der Waals surface area contributed by atoms with Crippen molar-refractivity contribution in [1.82, 2.24) is 10.0 Å². The molecule has 0 spiro atoms. The Morgan fingerprint density at radius 2 is 1.97 bits per heavy atom. The number of aliphatic hydroxyl groups excluding tert-OH is 1. The number of carbonyl (C=O) groups is 1. The van der Waals surface area contributed by atoms with Crippen LogP contribution in [0.3, 0.4) is 0 Å².